The van der Waals surface area contributed by atoms with E-state index >= 15 is 0 Å². The Morgan fingerprint density at radius 3 is 2.95 bits per heavy atom. The second kappa shape index (κ2) is 7.68. The lowest BCUT2D eigenvalue weighted by atomic mass is 9.99. The molecule has 1 aromatic heterocycles. The lowest BCUT2D eigenvalue weighted by molar-refractivity contribution is 0.0792. The fourth-order valence-corrected chi connectivity index (χ4v) is 2.57. The number of rotatable bonds is 5. The van der Waals surface area contributed by atoms with Crippen LogP contribution in [0, 0.1) is 5.92 Å². The first-order chi connectivity index (χ1) is 10.1. The summed E-state index contributed by atoms with van der Waals surface area (Å²) in [5.74, 6) is 0.367. The average Bonchev–Trinajstić information content (AvgIpc) is 2.48. The van der Waals surface area contributed by atoms with E-state index in [0.29, 0.717) is 6.54 Å². The van der Waals surface area contributed by atoms with Gasteiger partial charge in [-0.2, -0.15) is 0 Å². The Hall–Kier alpha value is -1.24. The summed E-state index contributed by atoms with van der Waals surface area (Å²) in [4.78, 5) is 21.7. The summed E-state index contributed by atoms with van der Waals surface area (Å²) in [7, 11) is 0. The number of piperidine rings is 1. The molecule has 0 saturated carbocycles. The largest absolute Gasteiger partial charge is 0.390 e. The number of carbonyl (C=O) groups excluding carboxylic acids is 1. The number of amides is 1. The molecular weight excluding hydrogens is 292 g/mol. The van der Waals surface area contributed by atoms with E-state index in [1.54, 1.807) is 0 Å². The zero-order valence-corrected chi connectivity index (χ0v) is 12.9. The van der Waals surface area contributed by atoms with E-state index in [2.05, 4.69) is 27.1 Å². The van der Waals surface area contributed by atoms with Crippen molar-refractivity contribution in [2.45, 2.75) is 25.9 Å². The van der Waals surface area contributed by atoms with E-state index in [0.717, 1.165) is 31.8 Å². The molecular formula is C14H21ClN4O2. The maximum atomic E-state index is 11.9. The highest BCUT2D eigenvalue weighted by atomic mass is 35.5. The number of aliphatic hydroxyl groups is 1. The summed E-state index contributed by atoms with van der Waals surface area (Å²) in [6, 6.07) is 0. The van der Waals surface area contributed by atoms with Gasteiger partial charge in [-0.3, -0.25) is 4.79 Å². The molecule has 116 valence electrons. The molecule has 6 nitrogen and oxygen atoms in total. The van der Waals surface area contributed by atoms with Gasteiger partial charge in [-0.15, -0.1) is 0 Å². The van der Waals surface area contributed by atoms with Gasteiger partial charge in [0.25, 0.3) is 5.91 Å². The van der Waals surface area contributed by atoms with Gasteiger partial charge in [-0.05, 0) is 31.8 Å². The van der Waals surface area contributed by atoms with Crippen LogP contribution in [0.1, 0.15) is 30.3 Å². The first-order valence-electron chi connectivity index (χ1n) is 7.20. The normalized spacial score (nSPS) is 18.4. The third-order valence-corrected chi connectivity index (χ3v) is 4.00. The number of hydrogen-bond acceptors (Lipinski definition) is 5. The Labute approximate surface area is 129 Å². The van der Waals surface area contributed by atoms with Crippen molar-refractivity contribution in [2.24, 2.45) is 5.92 Å². The van der Waals surface area contributed by atoms with Crippen molar-refractivity contribution in [3.05, 3.63) is 23.2 Å². The molecule has 2 rings (SSSR count). The smallest absolute Gasteiger partial charge is 0.271 e. The Morgan fingerprint density at radius 1 is 1.57 bits per heavy atom. The van der Waals surface area contributed by atoms with E-state index in [9.17, 15) is 9.90 Å². The topological polar surface area (TPSA) is 78.4 Å². The zero-order chi connectivity index (χ0) is 15.2. The van der Waals surface area contributed by atoms with Crippen molar-refractivity contribution in [1.29, 1.82) is 0 Å². The summed E-state index contributed by atoms with van der Waals surface area (Å²) in [6.07, 6.45) is 4.37. The highest BCUT2D eigenvalue weighted by Crippen LogP contribution is 2.16. The Bertz CT molecular complexity index is 478. The van der Waals surface area contributed by atoms with E-state index < -0.39 is 12.0 Å². The summed E-state index contributed by atoms with van der Waals surface area (Å²) >= 11 is 5.85. The number of aromatic nitrogens is 2. The first-order valence-corrected chi connectivity index (χ1v) is 7.58. The molecule has 0 spiro atoms. The Morgan fingerprint density at radius 2 is 2.29 bits per heavy atom. The van der Waals surface area contributed by atoms with Crippen molar-refractivity contribution in [3.63, 3.8) is 0 Å². The number of nitrogens with one attached hydrogen (secondary N) is 1. The van der Waals surface area contributed by atoms with Gasteiger partial charge >= 0.3 is 0 Å². The van der Waals surface area contributed by atoms with Crippen LogP contribution in [0.25, 0.3) is 0 Å². The molecule has 2 heterocycles. The summed E-state index contributed by atoms with van der Waals surface area (Å²) < 4.78 is 0. The van der Waals surface area contributed by atoms with Crippen LogP contribution in [0.3, 0.4) is 0 Å². The van der Waals surface area contributed by atoms with Gasteiger partial charge in [0, 0.05) is 19.3 Å². The molecule has 1 atom stereocenters. The molecule has 1 fully saturated rings. The Kier molecular flexibility index (Phi) is 5.90. The number of likely N-dealkylation sites (tertiary alicyclic amines) is 1. The second-order valence-electron chi connectivity index (χ2n) is 5.57. The van der Waals surface area contributed by atoms with E-state index in [1.165, 1.54) is 12.5 Å². The molecule has 0 aromatic carbocycles. The molecule has 0 bridgehead atoms. The van der Waals surface area contributed by atoms with Crippen LogP contribution in [-0.2, 0) is 0 Å². The molecule has 0 radical (unpaired) electrons. The molecule has 2 N–H and O–H groups in total. The monoisotopic (exact) mass is 312 g/mol. The standard InChI is InChI=1S/C14H21ClN4O2/c1-10-2-4-19(5-3-10)8-11(20)6-17-14(21)13-12(15)7-16-9-18-13/h7,9-11,20H,2-6,8H2,1H3,(H,17,21)/t11-/m0/s1. The van der Waals surface area contributed by atoms with Crippen LogP contribution in [0.5, 0.6) is 0 Å². The zero-order valence-electron chi connectivity index (χ0n) is 12.1. The number of carbonyl (C=O) groups is 1. The van der Waals surface area contributed by atoms with Crippen LogP contribution < -0.4 is 5.32 Å². The molecule has 7 heteroatoms. The fourth-order valence-electron chi connectivity index (χ4n) is 2.38. The number of halogens is 1. The number of nitrogens with zero attached hydrogens (tertiary/aromatic N) is 3. The molecule has 21 heavy (non-hydrogen) atoms. The van der Waals surface area contributed by atoms with E-state index in [1.807, 2.05) is 0 Å². The van der Waals surface area contributed by atoms with Crippen LogP contribution >= 0.6 is 11.6 Å². The summed E-state index contributed by atoms with van der Waals surface area (Å²) in [5.41, 5.74) is 0.130. The van der Waals surface area contributed by atoms with Crippen LogP contribution in [-0.4, -0.2) is 58.2 Å². The molecule has 0 aliphatic carbocycles. The SMILES string of the molecule is CC1CCN(C[C@@H](O)CNC(=O)c2ncncc2Cl)CC1. The maximum absolute atomic E-state index is 11.9. The van der Waals surface area contributed by atoms with Gasteiger partial charge in [0.15, 0.2) is 0 Å². The molecule has 1 aromatic rings. The molecule has 1 aliphatic heterocycles. The fraction of sp³-hybridized carbons (Fsp3) is 0.643. The van der Waals surface area contributed by atoms with Gasteiger partial charge in [0.2, 0.25) is 0 Å². The lowest BCUT2D eigenvalue weighted by Crippen LogP contribution is -2.43. The third kappa shape index (κ3) is 4.91. The van der Waals surface area contributed by atoms with Gasteiger partial charge in [0.05, 0.1) is 11.1 Å². The van der Waals surface area contributed by atoms with Gasteiger partial charge in [-0.25, -0.2) is 9.97 Å². The van der Waals surface area contributed by atoms with Crippen molar-refractivity contribution in [3.8, 4) is 0 Å². The highest BCUT2D eigenvalue weighted by molar-refractivity contribution is 6.33. The van der Waals surface area contributed by atoms with Gasteiger partial charge < -0.3 is 15.3 Å². The van der Waals surface area contributed by atoms with Gasteiger partial charge in [0.1, 0.15) is 12.0 Å². The number of aliphatic hydroxyl groups excluding tert-OH is 1. The molecule has 0 unspecified atom stereocenters. The number of β-amino-alcohol motifs (C(OH)–C–C–N with tert-alkyl or cyclic N) is 1. The maximum Gasteiger partial charge on any atom is 0.271 e. The predicted octanol–water partition coefficient (Wildman–Crippen LogP) is 0.953. The Balaban J connectivity index is 1.75. The quantitative estimate of drug-likeness (QED) is 0.846. The van der Waals surface area contributed by atoms with Crippen LogP contribution in [0.2, 0.25) is 5.02 Å². The van der Waals surface area contributed by atoms with E-state index in [-0.39, 0.29) is 17.3 Å². The van der Waals surface area contributed by atoms with E-state index in [4.69, 9.17) is 11.6 Å². The van der Waals surface area contributed by atoms with Crippen molar-refractivity contribution >= 4 is 17.5 Å². The second-order valence-corrected chi connectivity index (χ2v) is 5.97. The van der Waals surface area contributed by atoms with Crippen molar-refractivity contribution in [2.75, 3.05) is 26.2 Å². The van der Waals surface area contributed by atoms with Crippen LogP contribution in [0.4, 0.5) is 0 Å². The summed E-state index contributed by atoms with van der Waals surface area (Å²) in [5, 5.41) is 12.9. The minimum atomic E-state index is -0.594. The molecule has 1 aliphatic rings. The minimum absolute atomic E-state index is 0.130. The van der Waals surface area contributed by atoms with Crippen molar-refractivity contribution in [1.82, 2.24) is 20.2 Å². The van der Waals surface area contributed by atoms with Crippen LogP contribution in [0.15, 0.2) is 12.5 Å². The average molecular weight is 313 g/mol. The highest BCUT2D eigenvalue weighted by Gasteiger charge is 2.19. The van der Waals surface area contributed by atoms with Gasteiger partial charge in [-0.1, -0.05) is 18.5 Å². The predicted molar refractivity (Wildman–Crippen MR) is 80.2 cm³/mol. The third-order valence-electron chi connectivity index (χ3n) is 3.73. The van der Waals surface area contributed by atoms with Crippen molar-refractivity contribution < 1.29 is 9.90 Å². The minimum Gasteiger partial charge on any atom is -0.390 e. The first kappa shape index (κ1) is 16.1. The molecule has 1 saturated heterocycles. The lowest BCUT2D eigenvalue weighted by Gasteiger charge is -2.31. The summed E-state index contributed by atoms with van der Waals surface area (Å²) in [6.45, 7) is 5.02. The molecule has 1 amide bonds. The number of hydrogen-bond donors (Lipinski definition) is 2.